The molecule has 0 spiro atoms. The van der Waals surface area contributed by atoms with Crippen LogP contribution in [0.15, 0.2) is 30.3 Å². The molecule has 1 rings (SSSR count). The fourth-order valence-corrected chi connectivity index (χ4v) is 2.00. The number of benzene rings is 1. The molecule has 1 aromatic rings. The third-order valence-electron chi connectivity index (χ3n) is 2.75. The third kappa shape index (κ3) is 2.58. The predicted octanol–water partition coefficient (Wildman–Crippen LogP) is 3.34. The Balaban J connectivity index is 2.89. The molecule has 0 saturated heterocycles. The van der Waals surface area contributed by atoms with E-state index in [4.69, 9.17) is 0 Å². The molecule has 0 amide bonds. The molecule has 1 unspecified atom stereocenters. The molecule has 0 radical (unpaired) electrons. The average molecular weight is 191 g/mol. The van der Waals surface area contributed by atoms with Gasteiger partial charge in [0, 0.05) is 6.04 Å². The maximum Gasteiger partial charge on any atom is 0.0367 e. The molecule has 0 saturated carbocycles. The SMILES string of the molecule is CCN(C)C(c1ccccc1)C(C)C. The molecule has 0 aromatic heterocycles. The van der Waals surface area contributed by atoms with Crippen molar-refractivity contribution in [3.05, 3.63) is 35.9 Å². The smallest absolute Gasteiger partial charge is 0.0367 e. The lowest BCUT2D eigenvalue weighted by molar-refractivity contribution is 0.203. The Morgan fingerprint density at radius 2 is 1.71 bits per heavy atom. The van der Waals surface area contributed by atoms with Crippen LogP contribution in [0.3, 0.4) is 0 Å². The second kappa shape index (κ2) is 5.16. The van der Waals surface area contributed by atoms with Crippen molar-refractivity contribution in [3.8, 4) is 0 Å². The predicted molar refractivity (Wildman–Crippen MR) is 62.3 cm³/mol. The van der Waals surface area contributed by atoms with Crippen LogP contribution in [-0.2, 0) is 0 Å². The van der Waals surface area contributed by atoms with E-state index in [0.29, 0.717) is 12.0 Å². The van der Waals surface area contributed by atoms with Crippen molar-refractivity contribution in [2.24, 2.45) is 5.92 Å². The molecule has 0 heterocycles. The lowest BCUT2D eigenvalue weighted by atomic mass is 9.95. The van der Waals surface area contributed by atoms with E-state index < -0.39 is 0 Å². The van der Waals surface area contributed by atoms with Crippen molar-refractivity contribution < 1.29 is 0 Å². The molecule has 1 heteroatoms. The number of rotatable bonds is 4. The van der Waals surface area contributed by atoms with Crippen molar-refractivity contribution in [1.82, 2.24) is 4.90 Å². The van der Waals surface area contributed by atoms with E-state index in [1.54, 1.807) is 0 Å². The summed E-state index contributed by atoms with van der Waals surface area (Å²) in [6, 6.07) is 11.3. The normalized spacial score (nSPS) is 13.6. The third-order valence-corrected chi connectivity index (χ3v) is 2.75. The van der Waals surface area contributed by atoms with Crippen LogP contribution >= 0.6 is 0 Å². The molecular weight excluding hydrogens is 170 g/mol. The van der Waals surface area contributed by atoms with Gasteiger partial charge in [0.2, 0.25) is 0 Å². The number of hydrogen-bond donors (Lipinski definition) is 0. The minimum atomic E-state index is 0.543. The van der Waals surface area contributed by atoms with Gasteiger partial charge < -0.3 is 0 Å². The first-order valence-electron chi connectivity index (χ1n) is 5.42. The van der Waals surface area contributed by atoms with Crippen LogP contribution in [-0.4, -0.2) is 18.5 Å². The molecule has 0 N–H and O–H groups in total. The van der Waals surface area contributed by atoms with Crippen molar-refractivity contribution in [2.75, 3.05) is 13.6 Å². The molecule has 0 aliphatic heterocycles. The van der Waals surface area contributed by atoms with Gasteiger partial charge in [0.15, 0.2) is 0 Å². The van der Waals surface area contributed by atoms with Gasteiger partial charge in [0.25, 0.3) is 0 Å². The van der Waals surface area contributed by atoms with Gasteiger partial charge in [-0.15, -0.1) is 0 Å². The summed E-state index contributed by atoms with van der Waals surface area (Å²) in [5.74, 6) is 0.655. The molecule has 0 bridgehead atoms. The lowest BCUT2D eigenvalue weighted by Crippen LogP contribution is -2.28. The first kappa shape index (κ1) is 11.3. The number of hydrogen-bond acceptors (Lipinski definition) is 1. The second-order valence-corrected chi connectivity index (χ2v) is 4.17. The zero-order valence-electron chi connectivity index (χ0n) is 9.70. The Bertz CT molecular complexity index is 253. The van der Waals surface area contributed by atoms with Crippen molar-refractivity contribution >= 4 is 0 Å². The summed E-state index contributed by atoms with van der Waals surface area (Å²) < 4.78 is 0. The van der Waals surface area contributed by atoms with Crippen LogP contribution in [0.25, 0.3) is 0 Å². The summed E-state index contributed by atoms with van der Waals surface area (Å²) in [4.78, 5) is 2.40. The Morgan fingerprint density at radius 1 is 1.14 bits per heavy atom. The van der Waals surface area contributed by atoms with Gasteiger partial charge in [-0.05, 0) is 25.1 Å². The Hall–Kier alpha value is -0.820. The van der Waals surface area contributed by atoms with E-state index >= 15 is 0 Å². The number of nitrogens with zero attached hydrogens (tertiary/aromatic N) is 1. The zero-order valence-corrected chi connectivity index (χ0v) is 9.70. The van der Waals surface area contributed by atoms with E-state index in [9.17, 15) is 0 Å². The summed E-state index contributed by atoms with van der Waals surface area (Å²) in [6.45, 7) is 7.86. The Kier molecular flexibility index (Phi) is 4.15. The fraction of sp³-hybridized carbons (Fsp3) is 0.538. The van der Waals surface area contributed by atoms with E-state index in [1.807, 2.05) is 0 Å². The molecule has 0 aliphatic rings. The molecule has 1 nitrogen and oxygen atoms in total. The molecule has 14 heavy (non-hydrogen) atoms. The van der Waals surface area contributed by atoms with Gasteiger partial charge >= 0.3 is 0 Å². The average Bonchev–Trinajstić information content (AvgIpc) is 2.19. The standard InChI is InChI=1S/C13H21N/c1-5-14(4)13(11(2)3)12-9-7-6-8-10-12/h6-11,13H,5H2,1-4H3. The van der Waals surface area contributed by atoms with E-state index in [2.05, 4.69) is 63.1 Å². The Morgan fingerprint density at radius 3 is 2.14 bits per heavy atom. The first-order chi connectivity index (χ1) is 6.66. The minimum absolute atomic E-state index is 0.543. The topological polar surface area (TPSA) is 3.24 Å². The van der Waals surface area contributed by atoms with Crippen LogP contribution < -0.4 is 0 Å². The highest BCUT2D eigenvalue weighted by Crippen LogP contribution is 2.26. The van der Waals surface area contributed by atoms with Gasteiger partial charge in [-0.25, -0.2) is 0 Å². The van der Waals surface area contributed by atoms with Crippen molar-refractivity contribution in [3.63, 3.8) is 0 Å². The van der Waals surface area contributed by atoms with Gasteiger partial charge in [-0.3, -0.25) is 4.90 Å². The minimum Gasteiger partial charge on any atom is -0.299 e. The maximum atomic E-state index is 2.40. The molecule has 78 valence electrons. The van der Waals surface area contributed by atoms with Gasteiger partial charge in [0.05, 0.1) is 0 Å². The molecule has 0 fully saturated rings. The van der Waals surface area contributed by atoms with Gasteiger partial charge in [-0.2, -0.15) is 0 Å². The summed E-state index contributed by atoms with van der Waals surface area (Å²) >= 11 is 0. The maximum absolute atomic E-state index is 2.40. The van der Waals surface area contributed by atoms with Crippen LogP contribution in [0, 0.1) is 5.92 Å². The molecular formula is C13H21N. The summed E-state index contributed by atoms with van der Waals surface area (Å²) in [5, 5.41) is 0. The van der Waals surface area contributed by atoms with Gasteiger partial charge in [0.1, 0.15) is 0 Å². The highest BCUT2D eigenvalue weighted by molar-refractivity contribution is 5.19. The van der Waals surface area contributed by atoms with E-state index in [-0.39, 0.29) is 0 Å². The largest absolute Gasteiger partial charge is 0.299 e. The van der Waals surface area contributed by atoms with Gasteiger partial charge in [-0.1, -0.05) is 51.1 Å². The highest BCUT2D eigenvalue weighted by Gasteiger charge is 2.18. The summed E-state index contributed by atoms with van der Waals surface area (Å²) in [7, 11) is 2.19. The quantitative estimate of drug-likeness (QED) is 0.705. The summed E-state index contributed by atoms with van der Waals surface area (Å²) in [6.07, 6.45) is 0. The van der Waals surface area contributed by atoms with Crippen LogP contribution in [0.5, 0.6) is 0 Å². The monoisotopic (exact) mass is 191 g/mol. The highest BCUT2D eigenvalue weighted by atomic mass is 15.1. The summed E-state index contributed by atoms with van der Waals surface area (Å²) in [5.41, 5.74) is 1.42. The first-order valence-corrected chi connectivity index (χ1v) is 5.42. The van der Waals surface area contributed by atoms with E-state index in [1.165, 1.54) is 5.56 Å². The van der Waals surface area contributed by atoms with Crippen molar-refractivity contribution in [2.45, 2.75) is 26.8 Å². The molecule has 1 aromatic carbocycles. The zero-order chi connectivity index (χ0) is 10.6. The van der Waals surface area contributed by atoms with Crippen LogP contribution in [0.2, 0.25) is 0 Å². The van der Waals surface area contributed by atoms with Crippen LogP contribution in [0.1, 0.15) is 32.4 Å². The Labute approximate surface area is 87.7 Å². The lowest BCUT2D eigenvalue weighted by Gasteiger charge is -2.30. The van der Waals surface area contributed by atoms with Crippen molar-refractivity contribution in [1.29, 1.82) is 0 Å². The fourth-order valence-electron chi connectivity index (χ4n) is 2.00. The van der Waals surface area contributed by atoms with E-state index in [0.717, 1.165) is 6.54 Å². The van der Waals surface area contributed by atoms with Crippen LogP contribution in [0.4, 0.5) is 0 Å². The molecule has 1 atom stereocenters. The second-order valence-electron chi connectivity index (χ2n) is 4.17. The molecule has 0 aliphatic carbocycles.